The molecule has 4 nitrogen and oxygen atoms in total. The Morgan fingerprint density at radius 2 is 2.11 bits per heavy atom. The number of hydrogen-bond acceptors (Lipinski definition) is 5. The van der Waals surface area contributed by atoms with Crippen molar-refractivity contribution in [3.8, 4) is 0 Å². The molecule has 1 N–H and O–H groups in total. The minimum absolute atomic E-state index is 0.267. The predicted octanol–water partition coefficient (Wildman–Crippen LogP) is 1.65. The third kappa shape index (κ3) is 2.27. The van der Waals surface area contributed by atoms with Crippen LogP contribution in [-0.4, -0.2) is 47.7 Å². The van der Waals surface area contributed by atoms with Gasteiger partial charge in [0, 0.05) is 26.2 Å². The Morgan fingerprint density at radius 3 is 2.78 bits per heavy atom. The summed E-state index contributed by atoms with van der Waals surface area (Å²) < 4.78 is 0. The van der Waals surface area contributed by atoms with Crippen LogP contribution in [-0.2, 0) is 6.42 Å². The van der Waals surface area contributed by atoms with E-state index >= 15 is 0 Å². The van der Waals surface area contributed by atoms with Crippen LogP contribution in [0.3, 0.4) is 0 Å². The fourth-order valence-corrected chi connectivity index (χ4v) is 3.96. The molecule has 1 aromatic heterocycles. The summed E-state index contributed by atoms with van der Waals surface area (Å²) in [6, 6.07) is 0. The van der Waals surface area contributed by atoms with Gasteiger partial charge < -0.3 is 14.9 Å². The van der Waals surface area contributed by atoms with Crippen molar-refractivity contribution in [2.45, 2.75) is 32.3 Å². The zero-order valence-electron chi connectivity index (χ0n) is 10.9. The van der Waals surface area contributed by atoms with Gasteiger partial charge in [-0.3, -0.25) is 0 Å². The maximum atomic E-state index is 10.00. The number of hydrogen-bond donors (Lipinski definition) is 1. The summed E-state index contributed by atoms with van der Waals surface area (Å²) in [6.45, 7) is 7.74. The van der Waals surface area contributed by atoms with E-state index in [-0.39, 0.29) is 6.10 Å². The van der Waals surface area contributed by atoms with Gasteiger partial charge in [0.2, 0.25) is 0 Å². The smallest absolute Gasteiger partial charge is 0.185 e. The van der Waals surface area contributed by atoms with Crippen LogP contribution in [0.5, 0.6) is 0 Å². The number of aliphatic hydroxyl groups excluding tert-OH is 1. The fraction of sp³-hybridized carbons (Fsp3) is 0.769. The molecule has 0 aromatic carbocycles. The van der Waals surface area contributed by atoms with E-state index in [1.165, 1.54) is 0 Å². The van der Waals surface area contributed by atoms with Crippen LogP contribution in [0.4, 0.5) is 5.13 Å². The highest BCUT2D eigenvalue weighted by Crippen LogP contribution is 2.37. The van der Waals surface area contributed by atoms with Gasteiger partial charge in [0.15, 0.2) is 5.13 Å². The lowest BCUT2D eigenvalue weighted by Gasteiger charge is -2.33. The number of rotatable bonds is 2. The van der Waals surface area contributed by atoms with E-state index in [2.05, 4.69) is 16.7 Å². The summed E-state index contributed by atoms with van der Waals surface area (Å²) >= 11 is 1.71. The average molecular weight is 267 g/mol. The lowest BCUT2D eigenvalue weighted by Crippen LogP contribution is -2.46. The normalized spacial score (nSPS) is 25.2. The van der Waals surface area contributed by atoms with Gasteiger partial charge in [0.05, 0.1) is 16.7 Å². The first-order valence-electron chi connectivity index (χ1n) is 6.93. The lowest BCUT2D eigenvalue weighted by molar-refractivity contribution is 0.160. The number of nitrogens with zero attached hydrogens (tertiary/aromatic N) is 3. The molecule has 1 saturated heterocycles. The zero-order chi connectivity index (χ0) is 12.5. The SMILES string of the molecule is CCN1CCN(c2nc3c(s2)C(O)CCC3)CC1. The molecule has 3 rings (SSSR count). The number of anilines is 1. The minimum atomic E-state index is -0.267. The van der Waals surface area contributed by atoms with Crippen LogP contribution in [0.2, 0.25) is 0 Å². The van der Waals surface area contributed by atoms with Crippen molar-refractivity contribution in [2.24, 2.45) is 0 Å². The summed E-state index contributed by atoms with van der Waals surface area (Å²) in [4.78, 5) is 10.7. The van der Waals surface area contributed by atoms with Crippen LogP contribution in [0.1, 0.15) is 36.4 Å². The molecule has 1 unspecified atom stereocenters. The van der Waals surface area contributed by atoms with Crippen molar-refractivity contribution in [2.75, 3.05) is 37.6 Å². The van der Waals surface area contributed by atoms with Gasteiger partial charge in [0.25, 0.3) is 0 Å². The molecule has 18 heavy (non-hydrogen) atoms. The van der Waals surface area contributed by atoms with Crippen molar-refractivity contribution in [1.29, 1.82) is 0 Å². The Hall–Kier alpha value is -0.650. The Kier molecular flexibility index (Phi) is 3.54. The van der Waals surface area contributed by atoms with Gasteiger partial charge in [-0.15, -0.1) is 0 Å². The third-order valence-electron chi connectivity index (χ3n) is 4.00. The van der Waals surface area contributed by atoms with E-state index in [0.29, 0.717) is 0 Å². The molecule has 1 aromatic rings. The molecule has 2 heterocycles. The highest BCUT2D eigenvalue weighted by atomic mass is 32.1. The number of likely N-dealkylation sites (N-methyl/N-ethyl adjacent to an activating group) is 1. The number of aromatic nitrogens is 1. The van der Waals surface area contributed by atoms with Crippen LogP contribution >= 0.6 is 11.3 Å². The average Bonchev–Trinajstić information content (AvgIpc) is 2.84. The standard InChI is InChI=1S/C13H21N3OS/c1-2-15-6-8-16(9-7-15)13-14-10-4-3-5-11(17)12(10)18-13/h11,17H,2-9H2,1H3. The molecular weight excluding hydrogens is 246 g/mol. The highest BCUT2D eigenvalue weighted by Gasteiger charge is 2.25. The molecule has 0 saturated carbocycles. The molecule has 1 aliphatic heterocycles. The summed E-state index contributed by atoms with van der Waals surface area (Å²) in [5.41, 5.74) is 1.15. The van der Waals surface area contributed by atoms with E-state index in [1.54, 1.807) is 11.3 Å². The van der Waals surface area contributed by atoms with Crippen LogP contribution < -0.4 is 4.90 Å². The minimum Gasteiger partial charge on any atom is -0.388 e. The first kappa shape index (κ1) is 12.4. The van der Waals surface area contributed by atoms with E-state index in [0.717, 1.165) is 67.7 Å². The van der Waals surface area contributed by atoms with Crippen molar-refractivity contribution < 1.29 is 5.11 Å². The molecule has 1 atom stereocenters. The van der Waals surface area contributed by atoms with Gasteiger partial charge in [-0.05, 0) is 25.8 Å². The molecule has 1 fully saturated rings. The maximum Gasteiger partial charge on any atom is 0.185 e. The molecule has 0 spiro atoms. The van der Waals surface area contributed by atoms with Crippen molar-refractivity contribution in [1.82, 2.24) is 9.88 Å². The summed E-state index contributed by atoms with van der Waals surface area (Å²) in [6.07, 6.45) is 2.74. The summed E-state index contributed by atoms with van der Waals surface area (Å²) in [5.74, 6) is 0. The Balaban J connectivity index is 1.74. The zero-order valence-corrected chi connectivity index (χ0v) is 11.7. The topological polar surface area (TPSA) is 39.6 Å². The van der Waals surface area contributed by atoms with Crippen molar-refractivity contribution in [3.05, 3.63) is 10.6 Å². The second-order valence-corrected chi connectivity index (χ2v) is 6.15. The molecule has 0 bridgehead atoms. The number of fused-ring (bicyclic) bond motifs is 1. The number of thiazole rings is 1. The van der Waals surface area contributed by atoms with Gasteiger partial charge in [-0.25, -0.2) is 4.98 Å². The molecular formula is C13H21N3OS. The maximum absolute atomic E-state index is 10.00. The fourth-order valence-electron chi connectivity index (χ4n) is 2.77. The molecule has 0 amide bonds. The van der Waals surface area contributed by atoms with Gasteiger partial charge in [0.1, 0.15) is 0 Å². The van der Waals surface area contributed by atoms with Gasteiger partial charge in [-0.1, -0.05) is 18.3 Å². The van der Waals surface area contributed by atoms with Gasteiger partial charge in [-0.2, -0.15) is 0 Å². The number of aliphatic hydroxyl groups is 1. The van der Waals surface area contributed by atoms with E-state index < -0.39 is 0 Å². The Bertz CT molecular complexity index is 412. The van der Waals surface area contributed by atoms with E-state index in [1.807, 2.05) is 0 Å². The monoisotopic (exact) mass is 267 g/mol. The molecule has 100 valence electrons. The van der Waals surface area contributed by atoms with Crippen LogP contribution in [0.25, 0.3) is 0 Å². The molecule has 5 heteroatoms. The van der Waals surface area contributed by atoms with E-state index in [4.69, 9.17) is 4.98 Å². The molecule has 1 aliphatic carbocycles. The lowest BCUT2D eigenvalue weighted by atomic mass is 10.0. The largest absolute Gasteiger partial charge is 0.388 e. The van der Waals surface area contributed by atoms with Gasteiger partial charge >= 0.3 is 0 Å². The van der Waals surface area contributed by atoms with Crippen molar-refractivity contribution in [3.63, 3.8) is 0 Å². The quantitative estimate of drug-likeness (QED) is 0.884. The number of aryl methyl sites for hydroxylation is 1. The van der Waals surface area contributed by atoms with Crippen molar-refractivity contribution >= 4 is 16.5 Å². The third-order valence-corrected chi connectivity index (χ3v) is 5.26. The predicted molar refractivity (Wildman–Crippen MR) is 74.3 cm³/mol. The highest BCUT2D eigenvalue weighted by molar-refractivity contribution is 7.15. The van der Waals surface area contributed by atoms with Crippen LogP contribution in [0.15, 0.2) is 0 Å². The first-order chi connectivity index (χ1) is 8.78. The Morgan fingerprint density at radius 1 is 1.33 bits per heavy atom. The number of piperazine rings is 1. The summed E-state index contributed by atoms with van der Waals surface area (Å²) in [5, 5.41) is 11.1. The van der Waals surface area contributed by atoms with E-state index in [9.17, 15) is 5.11 Å². The molecule has 0 radical (unpaired) electrons. The van der Waals surface area contributed by atoms with Crippen LogP contribution in [0, 0.1) is 0 Å². The summed E-state index contributed by atoms with van der Waals surface area (Å²) in [7, 11) is 0. The first-order valence-corrected chi connectivity index (χ1v) is 7.74. The Labute approximate surface area is 112 Å². The molecule has 2 aliphatic rings. The second kappa shape index (κ2) is 5.15. The second-order valence-electron chi connectivity index (χ2n) is 5.14.